The van der Waals surface area contributed by atoms with Gasteiger partial charge in [-0.3, -0.25) is 9.89 Å². The number of rotatable bonds is 6. The van der Waals surface area contributed by atoms with Gasteiger partial charge in [-0.05, 0) is 56.0 Å². The minimum Gasteiger partial charge on any atom is -0.357 e. The second-order valence-electron chi connectivity index (χ2n) is 7.01. The van der Waals surface area contributed by atoms with E-state index in [1.165, 1.54) is 37.2 Å². The summed E-state index contributed by atoms with van der Waals surface area (Å²) in [5.41, 5.74) is 0. The molecule has 4 nitrogen and oxygen atoms in total. The van der Waals surface area contributed by atoms with E-state index < -0.39 is 0 Å². The van der Waals surface area contributed by atoms with Crippen molar-refractivity contribution < 1.29 is 0 Å². The van der Waals surface area contributed by atoms with Crippen molar-refractivity contribution in [2.75, 3.05) is 26.2 Å². The number of nitrogens with zero attached hydrogens (tertiary/aromatic N) is 2. The summed E-state index contributed by atoms with van der Waals surface area (Å²) in [7, 11) is 0. The van der Waals surface area contributed by atoms with E-state index in [4.69, 9.17) is 4.99 Å². The van der Waals surface area contributed by atoms with Crippen molar-refractivity contribution in [1.82, 2.24) is 15.5 Å². The first-order valence-electron chi connectivity index (χ1n) is 9.04. The van der Waals surface area contributed by atoms with Crippen LogP contribution in [0.2, 0.25) is 0 Å². The Morgan fingerprint density at radius 2 is 2.35 bits per heavy atom. The van der Waals surface area contributed by atoms with E-state index in [2.05, 4.69) is 46.9 Å². The quantitative estimate of drug-likeness (QED) is 0.621. The Morgan fingerprint density at radius 1 is 1.48 bits per heavy atom. The van der Waals surface area contributed by atoms with Gasteiger partial charge >= 0.3 is 0 Å². The first-order valence-corrected chi connectivity index (χ1v) is 9.92. The fourth-order valence-corrected chi connectivity index (χ4v) is 4.05. The summed E-state index contributed by atoms with van der Waals surface area (Å²) >= 11 is 1.87. The highest BCUT2D eigenvalue weighted by Crippen LogP contribution is 2.28. The largest absolute Gasteiger partial charge is 0.357 e. The molecule has 0 radical (unpaired) electrons. The molecule has 0 bridgehead atoms. The van der Waals surface area contributed by atoms with Crippen LogP contribution in [0.3, 0.4) is 0 Å². The van der Waals surface area contributed by atoms with Gasteiger partial charge in [-0.25, -0.2) is 0 Å². The molecule has 1 saturated heterocycles. The SMILES string of the molecule is CCNC(=NCC1CCCN(Cc2cccs2)C1)NC1CC1C. The van der Waals surface area contributed by atoms with Crippen LogP contribution in [0.15, 0.2) is 22.5 Å². The molecule has 2 heterocycles. The molecule has 2 aliphatic rings. The van der Waals surface area contributed by atoms with Crippen LogP contribution < -0.4 is 10.6 Å². The monoisotopic (exact) mass is 334 g/mol. The maximum Gasteiger partial charge on any atom is 0.191 e. The van der Waals surface area contributed by atoms with Gasteiger partial charge in [0, 0.05) is 37.1 Å². The van der Waals surface area contributed by atoms with E-state index in [0.717, 1.165) is 31.5 Å². The third-order valence-electron chi connectivity index (χ3n) is 4.85. The van der Waals surface area contributed by atoms with E-state index in [1.807, 2.05) is 11.3 Å². The van der Waals surface area contributed by atoms with Crippen LogP contribution in [-0.4, -0.2) is 43.1 Å². The van der Waals surface area contributed by atoms with Crippen LogP contribution in [0.1, 0.15) is 38.0 Å². The molecular weight excluding hydrogens is 304 g/mol. The summed E-state index contributed by atoms with van der Waals surface area (Å²) in [6, 6.07) is 5.03. The highest BCUT2D eigenvalue weighted by atomic mass is 32.1. The Labute approximate surface area is 144 Å². The van der Waals surface area contributed by atoms with Crippen LogP contribution in [0.5, 0.6) is 0 Å². The van der Waals surface area contributed by atoms with Crippen molar-refractivity contribution >= 4 is 17.3 Å². The molecule has 23 heavy (non-hydrogen) atoms. The van der Waals surface area contributed by atoms with Gasteiger partial charge < -0.3 is 10.6 Å². The fraction of sp³-hybridized carbons (Fsp3) is 0.722. The van der Waals surface area contributed by atoms with Gasteiger partial charge in [-0.1, -0.05) is 13.0 Å². The van der Waals surface area contributed by atoms with E-state index in [-0.39, 0.29) is 0 Å². The second-order valence-corrected chi connectivity index (χ2v) is 8.04. The summed E-state index contributed by atoms with van der Waals surface area (Å²) in [5, 5.41) is 9.12. The summed E-state index contributed by atoms with van der Waals surface area (Å²) < 4.78 is 0. The molecule has 128 valence electrons. The van der Waals surface area contributed by atoms with Crippen LogP contribution in [-0.2, 0) is 6.54 Å². The summed E-state index contributed by atoms with van der Waals surface area (Å²) in [5.74, 6) is 2.50. The van der Waals surface area contributed by atoms with Crippen molar-refractivity contribution in [2.24, 2.45) is 16.8 Å². The first kappa shape index (κ1) is 16.8. The van der Waals surface area contributed by atoms with Gasteiger partial charge in [-0.2, -0.15) is 0 Å². The molecule has 3 unspecified atom stereocenters. The van der Waals surface area contributed by atoms with Gasteiger partial charge in [0.2, 0.25) is 0 Å². The van der Waals surface area contributed by atoms with Crippen molar-refractivity contribution in [3.8, 4) is 0 Å². The molecule has 1 saturated carbocycles. The normalized spacial score (nSPS) is 28.6. The zero-order valence-electron chi connectivity index (χ0n) is 14.4. The molecule has 1 aliphatic heterocycles. The van der Waals surface area contributed by atoms with Crippen LogP contribution in [0, 0.1) is 11.8 Å². The van der Waals surface area contributed by atoms with Crippen LogP contribution in [0.4, 0.5) is 0 Å². The lowest BCUT2D eigenvalue weighted by atomic mass is 9.98. The lowest BCUT2D eigenvalue weighted by Gasteiger charge is -2.31. The number of thiophene rings is 1. The summed E-state index contributed by atoms with van der Waals surface area (Å²) in [4.78, 5) is 8.93. The standard InChI is InChI=1S/C18H30N4S/c1-3-19-18(21-17-10-14(17)2)20-11-15-6-4-8-22(12-15)13-16-7-5-9-23-16/h5,7,9,14-15,17H,3-4,6,8,10-13H2,1-2H3,(H2,19,20,21). The average Bonchev–Trinajstić information content (AvgIpc) is 3.00. The van der Waals surface area contributed by atoms with Gasteiger partial charge in [0.1, 0.15) is 0 Å². The number of likely N-dealkylation sites (tertiary alicyclic amines) is 1. The summed E-state index contributed by atoms with van der Waals surface area (Å²) in [6.07, 6.45) is 3.89. The topological polar surface area (TPSA) is 39.7 Å². The maximum absolute atomic E-state index is 4.85. The third kappa shape index (κ3) is 5.21. The zero-order valence-corrected chi connectivity index (χ0v) is 15.2. The number of hydrogen-bond acceptors (Lipinski definition) is 3. The molecule has 2 N–H and O–H groups in total. The Balaban J connectivity index is 1.48. The minimum absolute atomic E-state index is 0.634. The lowest BCUT2D eigenvalue weighted by Crippen LogP contribution is -2.40. The molecule has 1 aliphatic carbocycles. The van der Waals surface area contributed by atoms with Gasteiger partial charge in [0.05, 0.1) is 0 Å². The van der Waals surface area contributed by atoms with Gasteiger partial charge in [0.15, 0.2) is 5.96 Å². The molecule has 1 aromatic heterocycles. The molecule has 3 rings (SSSR count). The molecule has 3 atom stereocenters. The Bertz CT molecular complexity index is 499. The molecule has 0 spiro atoms. The maximum atomic E-state index is 4.85. The van der Waals surface area contributed by atoms with E-state index in [9.17, 15) is 0 Å². The lowest BCUT2D eigenvalue weighted by molar-refractivity contribution is 0.172. The van der Waals surface area contributed by atoms with Gasteiger partial charge in [0.25, 0.3) is 0 Å². The number of aliphatic imine (C=N–C) groups is 1. The number of piperidine rings is 1. The highest BCUT2D eigenvalue weighted by molar-refractivity contribution is 7.09. The Morgan fingerprint density at radius 3 is 3.04 bits per heavy atom. The minimum atomic E-state index is 0.634. The second kappa shape index (κ2) is 8.15. The molecule has 2 fully saturated rings. The van der Waals surface area contributed by atoms with Crippen LogP contribution in [0.25, 0.3) is 0 Å². The fourth-order valence-electron chi connectivity index (χ4n) is 3.31. The number of guanidine groups is 1. The predicted molar refractivity (Wildman–Crippen MR) is 99.0 cm³/mol. The average molecular weight is 335 g/mol. The highest BCUT2D eigenvalue weighted by Gasteiger charge is 2.33. The zero-order chi connectivity index (χ0) is 16.1. The van der Waals surface area contributed by atoms with Crippen molar-refractivity contribution in [3.63, 3.8) is 0 Å². The van der Waals surface area contributed by atoms with Crippen molar-refractivity contribution in [3.05, 3.63) is 22.4 Å². The predicted octanol–water partition coefficient (Wildman–Crippen LogP) is 2.92. The third-order valence-corrected chi connectivity index (χ3v) is 5.71. The number of hydrogen-bond donors (Lipinski definition) is 2. The Kier molecular flexibility index (Phi) is 5.95. The summed E-state index contributed by atoms with van der Waals surface area (Å²) in [6.45, 7) is 9.83. The van der Waals surface area contributed by atoms with Gasteiger partial charge in [-0.15, -0.1) is 11.3 Å². The smallest absolute Gasteiger partial charge is 0.191 e. The van der Waals surface area contributed by atoms with Crippen molar-refractivity contribution in [1.29, 1.82) is 0 Å². The number of nitrogens with one attached hydrogen (secondary N) is 2. The molecule has 0 aromatic carbocycles. The van der Waals surface area contributed by atoms with E-state index in [1.54, 1.807) is 0 Å². The van der Waals surface area contributed by atoms with Crippen LogP contribution >= 0.6 is 11.3 Å². The van der Waals surface area contributed by atoms with E-state index in [0.29, 0.717) is 12.0 Å². The van der Waals surface area contributed by atoms with Crippen molar-refractivity contribution in [2.45, 2.75) is 45.7 Å². The molecule has 1 aromatic rings. The molecule has 5 heteroatoms. The molecule has 0 amide bonds. The molecular formula is C18H30N4S. The Hall–Kier alpha value is -1.07. The van der Waals surface area contributed by atoms with E-state index >= 15 is 0 Å². The first-order chi connectivity index (χ1) is 11.2.